The van der Waals surface area contributed by atoms with Gasteiger partial charge in [-0.05, 0) is 50.0 Å². The number of rotatable bonds is 6. The van der Waals surface area contributed by atoms with Crippen LogP contribution in [-0.2, 0) is 19.9 Å². The molecule has 1 aliphatic heterocycles. The lowest BCUT2D eigenvalue weighted by Gasteiger charge is -2.31. The van der Waals surface area contributed by atoms with Crippen molar-refractivity contribution in [1.82, 2.24) is 9.62 Å². The van der Waals surface area contributed by atoms with Gasteiger partial charge in [0.05, 0.1) is 4.90 Å². The number of sulfone groups is 1. The lowest BCUT2D eigenvalue weighted by atomic mass is 9.98. The fourth-order valence-corrected chi connectivity index (χ4v) is 5.00. The number of nitrogens with zero attached hydrogens (tertiary/aromatic N) is 1. The van der Waals surface area contributed by atoms with E-state index < -0.39 is 30.6 Å². The van der Waals surface area contributed by atoms with Crippen LogP contribution >= 0.6 is 12.4 Å². The molecule has 0 saturated carbocycles. The van der Waals surface area contributed by atoms with Crippen LogP contribution in [0.1, 0.15) is 19.8 Å². The third kappa shape index (κ3) is 5.37. The highest BCUT2D eigenvalue weighted by atomic mass is 35.5. The van der Waals surface area contributed by atoms with Crippen LogP contribution < -0.4 is 5.32 Å². The molecule has 2 rings (SSSR count). The molecule has 10 heteroatoms. The van der Waals surface area contributed by atoms with Crippen LogP contribution in [0.5, 0.6) is 0 Å². The van der Waals surface area contributed by atoms with Gasteiger partial charge in [0.2, 0.25) is 10.0 Å². The Hall–Kier alpha value is -0.740. The third-order valence-electron chi connectivity index (χ3n) is 4.20. The largest absolute Gasteiger partial charge is 0.317 e. The van der Waals surface area contributed by atoms with Gasteiger partial charge in [0.1, 0.15) is 10.7 Å². The van der Waals surface area contributed by atoms with Crippen molar-refractivity contribution in [3.8, 4) is 0 Å². The molecular formula is C15H24ClFN2O4S2. The predicted octanol–water partition coefficient (Wildman–Crippen LogP) is 1.66. The first-order chi connectivity index (χ1) is 11.2. The van der Waals surface area contributed by atoms with E-state index in [0.717, 1.165) is 50.4 Å². The molecule has 1 heterocycles. The van der Waals surface area contributed by atoms with Crippen molar-refractivity contribution in [2.24, 2.45) is 5.92 Å². The highest BCUT2D eigenvalue weighted by Crippen LogP contribution is 2.25. The molecule has 25 heavy (non-hydrogen) atoms. The lowest BCUT2D eigenvalue weighted by molar-refractivity contribution is 0.268. The van der Waals surface area contributed by atoms with E-state index in [2.05, 4.69) is 5.32 Å². The molecule has 1 N–H and O–H groups in total. The number of hydrogen-bond donors (Lipinski definition) is 1. The van der Waals surface area contributed by atoms with Crippen molar-refractivity contribution in [1.29, 1.82) is 0 Å². The Morgan fingerprint density at radius 3 is 2.28 bits per heavy atom. The first-order valence-corrected chi connectivity index (χ1v) is 11.2. The van der Waals surface area contributed by atoms with E-state index in [1.54, 1.807) is 0 Å². The van der Waals surface area contributed by atoms with E-state index in [1.807, 2.05) is 6.92 Å². The van der Waals surface area contributed by atoms with Gasteiger partial charge in [-0.3, -0.25) is 0 Å². The molecule has 6 nitrogen and oxygen atoms in total. The molecule has 0 atom stereocenters. The molecule has 0 bridgehead atoms. The van der Waals surface area contributed by atoms with Gasteiger partial charge >= 0.3 is 0 Å². The zero-order valence-corrected chi connectivity index (χ0v) is 16.7. The molecule has 1 aliphatic rings. The minimum Gasteiger partial charge on any atom is -0.317 e. The predicted molar refractivity (Wildman–Crippen MR) is 96.8 cm³/mol. The molecule has 144 valence electrons. The molecule has 0 aliphatic carbocycles. The lowest BCUT2D eigenvalue weighted by Crippen LogP contribution is -2.40. The number of nitrogens with one attached hydrogen (secondary N) is 1. The molecule has 1 saturated heterocycles. The van der Waals surface area contributed by atoms with Crippen molar-refractivity contribution in [3.05, 3.63) is 24.0 Å². The van der Waals surface area contributed by atoms with E-state index in [9.17, 15) is 21.2 Å². The van der Waals surface area contributed by atoms with Crippen LogP contribution in [-0.4, -0.2) is 53.6 Å². The molecule has 0 amide bonds. The summed E-state index contributed by atoms with van der Waals surface area (Å²) in [6.45, 7) is 4.53. The summed E-state index contributed by atoms with van der Waals surface area (Å²) in [6.07, 6.45) is 2.38. The summed E-state index contributed by atoms with van der Waals surface area (Å²) in [5.74, 6) is -0.610. The molecule has 1 aromatic carbocycles. The van der Waals surface area contributed by atoms with Crippen LogP contribution in [0.4, 0.5) is 4.39 Å². The van der Waals surface area contributed by atoms with Gasteiger partial charge < -0.3 is 5.32 Å². The summed E-state index contributed by atoms with van der Waals surface area (Å²) in [7, 11) is -7.54. The van der Waals surface area contributed by atoms with E-state index in [4.69, 9.17) is 0 Å². The fraction of sp³-hybridized carbons (Fsp3) is 0.600. The maximum absolute atomic E-state index is 14.0. The van der Waals surface area contributed by atoms with Crippen LogP contribution in [0.15, 0.2) is 28.0 Å². The quantitative estimate of drug-likeness (QED) is 0.765. The number of benzene rings is 1. The van der Waals surface area contributed by atoms with Crippen LogP contribution in [0.3, 0.4) is 0 Å². The molecular weight excluding hydrogens is 391 g/mol. The number of sulfonamides is 1. The van der Waals surface area contributed by atoms with Gasteiger partial charge in [0.15, 0.2) is 9.84 Å². The van der Waals surface area contributed by atoms with Gasteiger partial charge in [-0.15, -0.1) is 12.4 Å². The zero-order valence-electron chi connectivity index (χ0n) is 14.2. The molecule has 0 radical (unpaired) electrons. The monoisotopic (exact) mass is 414 g/mol. The summed E-state index contributed by atoms with van der Waals surface area (Å²) in [5, 5.41) is 3.26. The summed E-state index contributed by atoms with van der Waals surface area (Å²) in [6, 6.07) is 2.95. The number of hydrogen-bond acceptors (Lipinski definition) is 5. The van der Waals surface area contributed by atoms with Crippen molar-refractivity contribution >= 4 is 32.3 Å². The Labute approximate surface area is 155 Å². The second-order valence-electron chi connectivity index (χ2n) is 6.02. The highest BCUT2D eigenvalue weighted by Gasteiger charge is 2.30. The van der Waals surface area contributed by atoms with Gasteiger partial charge in [-0.25, -0.2) is 21.2 Å². The average Bonchev–Trinajstić information content (AvgIpc) is 2.52. The Morgan fingerprint density at radius 2 is 1.80 bits per heavy atom. The van der Waals surface area contributed by atoms with Crippen LogP contribution in [0.2, 0.25) is 0 Å². The maximum Gasteiger partial charge on any atom is 0.243 e. The topological polar surface area (TPSA) is 83.6 Å². The van der Waals surface area contributed by atoms with Gasteiger partial charge in [0, 0.05) is 19.3 Å². The molecule has 0 unspecified atom stereocenters. The highest BCUT2D eigenvalue weighted by molar-refractivity contribution is 7.90. The third-order valence-corrected chi connectivity index (χ3v) is 7.22. The maximum atomic E-state index is 14.0. The summed E-state index contributed by atoms with van der Waals surface area (Å²) in [5.41, 5.74) is 0. The first-order valence-electron chi connectivity index (χ1n) is 7.86. The Bertz CT molecular complexity index is 792. The zero-order chi connectivity index (χ0) is 18.0. The Kier molecular flexibility index (Phi) is 7.82. The van der Waals surface area contributed by atoms with Crippen molar-refractivity contribution in [3.63, 3.8) is 0 Å². The Balaban J connectivity index is 0.00000312. The molecule has 1 aromatic rings. The van der Waals surface area contributed by atoms with Gasteiger partial charge in [-0.2, -0.15) is 4.31 Å². The SMILES string of the molecule is CCNCC1CCN(S(=O)(=O)c2ccc(S(C)(=O)=O)c(F)c2)CC1.Cl. The number of piperidine rings is 1. The molecule has 1 fully saturated rings. The van der Waals surface area contributed by atoms with Gasteiger partial charge in [-0.1, -0.05) is 6.92 Å². The number of halogens is 2. The average molecular weight is 415 g/mol. The van der Waals surface area contributed by atoms with Crippen LogP contribution in [0, 0.1) is 11.7 Å². The normalized spacial score (nSPS) is 17.2. The summed E-state index contributed by atoms with van der Waals surface area (Å²) in [4.78, 5) is -0.705. The standard InChI is InChI=1S/C15H23FN2O4S2.ClH/c1-3-17-11-12-6-8-18(9-7-12)24(21,22)13-4-5-15(14(16)10-13)23(2,19)20;/h4-5,10,12,17H,3,6-9,11H2,1-2H3;1H. The minimum atomic E-state index is -3.81. The van der Waals surface area contributed by atoms with Gasteiger partial charge in [0.25, 0.3) is 0 Å². The van der Waals surface area contributed by atoms with E-state index in [-0.39, 0.29) is 17.3 Å². The van der Waals surface area contributed by atoms with E-state index in [1.165, 1.54) is 4.31 Å². The molecule has 0 spiro atoms. The van der Waals surface area contributed by atoms with Crippen molar-refractivity contribution in [2.45, 2.75) is 29.6 Å². The van der Waals surface area contributed by atoms with Crippen LogP contribution in [0.25, 0.3) is 0 Å². The smallest absolute Gasteiger partial charge is 0.243 e. The second-order valence-corrected chi connectivity index (χ2v) is 9.94. The van der Waals surface area contributed by atoms with E-state index >= 15 is 0 Å². The van der Waals surface area contributed by atoms with Crippen molar-refractivity contribution < 1.29 is 21.2 Å². The van der Waals surface area contributed by atoms with E-state index in [0.29, 0.717) is 19.0 Å². The molecule has 0 aromatic heterocycles. The summed E-state index contributed by atoms with van der Waals surface area (Å²) >= 11 is 0. The summed E-state index contributed by atoms with van der Waals surface area (Å²) < 4.78 is 63.4. The van der Waals surface area contributed by atoms with Crippen molar-refractivity contribution in [2.75, 3.05) is 32.4 Å². The Morgan fingerprint density at radius 1 is 1.20 bits per heavy atom. The second kappa shape index (κ2) is 8.77. The first kappa shape index (κ1) is 22.3. The minimum absolute atomic E-state index is 0. The fourth-order valence-electron chi connectivity index (χ4n) is 2.79.